The number of rotatable bonds is 6. The number of carbonyl (C=O) groups excluding carboxylic acids is 1. The van der Waals surface area contributed by atoms with Crippen LogP contribution in [0, 0.1) is 5.92 Å². The molecule has 0 aliphatic heterocycles. The molecule has 1 saturated carbocycles. The van der Waals surface area contributed by atoms with Crippen LogP contribution in [0.2, 0.25) is 0 Å². The van der Waals surface area contributed by atoms with E-state index in [4.69, 9.17) is 14.7 Å². The molecule has 2 heterocycles. The molecule has 2 aromatic rings. The summed E-state index contributed by atoms with van der Waals surface area (Å²) in [5.41, 5.74) is 6.55. The van der Waals surface area contributed by atoms with Gasteiger partial charge in [0, 0.05) is 18.9 Å². The number of hydrogen-bond donors (Lipinski definition) is 2. The first-order chi connectivity index (χ1) is 11.3. The van der Waals surface area contributed by atoms with Crippen molar-refractivity contribution < 1.29 is 13.7 Å². The minimum Gasteiger partial charge on any atom is -0.472 e. The molecule has 0 aromatic carbocycles. The van der Waals surface area contributed by atoms with Crippen molar-refractivity contribution in [2.24, 2.45) is 11.7 Å². The number of hydrogen-bond acceptors (Lipinski definition) is 6. The normalized spacial score (nSPS) is 21.3. The van der Waals surface area contributed by atoms with Gasteiger partial charge in [-0.1, -0.05) is 18.0 Å². The van der Waals surface area contributed by atoms with Crippen molar-refractivity contribution in [2.45, 2.75) is 44.6 Å². The van der Waals surface area contributed by atoms with Crippen molar-refractivity contribution >= 4 is 5.91 Å². The predicted molar refractivity (Wildman–Crippen MR) is 83.3 cm³/mol. The van der Waals surface area contributed by atoms with Crippen LogP contribution in [0.5, 0.6) is 0 Å². The van der Waals surface area contributed by atoms with E-state index >= 15 is 0 Å². The van der Waals surface area contributed by atoms with Gasteiger partial charge in [0.25, 0.3) is 0 Å². The van der Waals surface area contributed by atoms with E-state index in [1.54, 1.807) is 18.6 Å². The Hall–Kier alpha value is -2.15. The van der Waals surface area contributed by atoms with E-state index in [2.05, 4.69) is 15.5 Å². The summed E-state index contributed by atoms with van der Waals surface area (Å²) in [5, 5.41) is 6.98. The van der Waals surface area contributed by atoms with Gasteiger partial charge in [0.2, 0.25) is 17.6 Å². The van der Waals surface area contributed by atoms with E-state index < -0.39 is 0 Å². The number of carbonyl (C=O) groups is 1. The van der Waals surface area contributed by atoms with Crippen LogP contribution in [-0.4, -0.2) is 28.6 Å². The van der Waals surface area contributed by atoms with Crippen LogP contribution in [-0.2, 0) is 11.2 Å². The van der Waals surface area contributed by atoms with E-state index in [1.807, 2.05) is 0 Å². The summed E-state index contributed by atoms with van der Waals surface area (Å²) in [5.74, 6) is 1.34. The number of furan rings is 1. The maximum Gasteiger partial charge on any atom is 0.227 e. The van der Waals surface area contributed by atoms with Gasteiger partial charge in [-0.05, 0) is 31.4 Å². The van der Waals surface area contributed by atoms with E-state index in [0.29, 0.717) is 37.0 Å². The quantitative estimate of drug-likeness (QED) is 0.842. The van der Waals surface area contributed by atoms with E-state index in [-0.39, 0.29) is 11.9 Å². The molecular weight excluding hydrogens is 296 g/mol. The lowest BCUT2D eigenvalue weighted by Crippen LogP contribution is -2.44. The van der Waals surface area contributed by atoms with Crippen molar-refractivity contribution in [3.05, 3.63) is 24.5 Å². The number of aromatic nitrogens is 2. The van der Waals surface area contributed by atoms with Crippen molar-refractivity contribution in [3.8, 4) is 11.4 Å². The number of nitrogens with one attached hydrogen (secondary N) is 1. The predicted octanol–water partition coefficient (Wildman–Crippen LogP) is 1.90. The minimum absolute atomic E-state index is 0.0124. The summed E-state index contributed by atoms with van der Waals surface area (Å²) in [6.07, 6.45) is 8.33. The molecule has 1 aliphatic carbocycles. The topological polar surface area (TPSA) is 107 Å². The van der Waals surface area contributed by atoms with Crippen molar-refractivity contribution in [1.82, 2.24) is 15.5 Å². The number of nitrogens with zero attached hydrogens (tertiary/aromatic N) is 2. The van der Waals surface area contributed by atoms with Crippen molar-refractivity contribution in [3.63, 3.8) is 0 Å². The summed E-state index contributed by atoms with van der Waals surface area (Å²) in [4.78, 5) is 16.4. The molecule has 0 spiro atoms. The lowest BCUT2D eigenvalue weighted by Gasteiger charge is -2.31. The molecule has 1 aliphatic rings. The second-order valence-corrected chi connectivity index (χ2v) is 5.98. The standard InChI is InChI=1S/C16H22N4O3/c17-9-11-3-1-2-4-13(11)18-14(21)5-6-15-19-16(20-23-15)12-7-8-22-10-12/h7-8,10-11,13H,1-6,9,17H2,(H,18,21). The Labute approximate surface area is 134 Å². The summed E-state index contributed by atoms with van der Waals surface area (Å²) in [6.45, 7) is 0.628. The Morgan fingerprint density at radius 3 is 3.04 bits per heavy atom. The average molecular weight is 318 g/mol. The largest absolute Gasteiger partial charge is 0.472 e. The molecule has 1 fully saturated rings. The fourth-order valence-corrected chi connectivity index (χ4v) is 3.04. The summed E-state index contributed by atoms with van der Waals surface area (Å²) >= 11 is 0. The van der Waals surface area contributed by atoms with E-state index in [1.165, 1.54) is 6.42 Å². The fraction of sp³-hybridized carbons (Fsp3) is 0.562. The average Bonchev–Trinajstić information content (AvgIpc) is 3.24. The third-order valence-corrected chi connectivity index (χ3v) is 4.37. The zero-order valence-corrected chi connectivity index (χ0v) is 13.0. The van der Waals surface area contributed by atoms with Gasteiger partial charge < -0.3 is 20.0 Å². The molecule has 1 amide bonds. The number of amides is 1. The van der Waals surface area contributed by atoms with E-state index in [9.17, 15) is 4.79 Å². The fourth-order valence-electron chi connectivity index (χ4n) is 3.04. The maximum atomic E-state index is 12.1. The minimum atomic E-state index is 0.0124. The molecule has 2 atom stereocenters. The highest BCUT2D eigenvalue weighted by molar-refractivity contribution is 5.76. The molecule has 2 aromatic heterocycles. The molecule has 7 heteroatoms. The van der Waals surface area contributed by atoms with Crippen molar-refractivity contribution in [2.75, 3.05) is 6.54 Å². The van der Waals surface area contributed by atoms with Crippen LogP contribution >= 0.6 is 0 Å². The molecular formula is C16H22N4O3. The first-order valence-corrected chi connectivity index (χ1v) is 8.11. The molecule has 7 nitrogen and oxygen atoms in total. The molecule has 124 valence electrons. The molecule has 0 radical (unpaired) electrons. The first kappa shape index (κ1) is 15.7. The van der Waals surface area contributed by atoms with Crippen LogP contribution in [0.25, 0.3) is 11.4 Å². The first-order valence-electron chi connectivity index (χ1n) is 8.11. The van der Waals surface area contributed by atoms with E-state index in [0.717, 1.165) is 24.8 Å². The van der Waals surface area contributed by atoms with Gasteiger partial charge in [0.15, 0.2) is 0 Å². The highest BCUT2D eigenvalue weighted by Gasteiger charge is 2.25. The lowest BCUT2D eigenvalue weighted by molar-refractivity contribution is -0.122. The Morgan fingerprint density at radius 1 is 1.39 bits per heavy atom. The zero-order valence-electron chi connectivity index (χ0n) is 13.0. The Bertz CT molecular complexity index is 623. The monoisotopic (exact) mass is 318 g/mol. The second kappa shape index (κ2) is 7.41. The smallest absolute Gasteiger partial charge is 0.227 e. The molecule has 2 unspecified atom stereocenters. The third-order valence-electron chi connectivity index (χ3n) is 4.37. The summed E-state index contributed by atoms with van der Waals surface area (Å²) < 4.78 is 10.2. The van der Waals surface area contributed by atoms with Gasteiger partial charge in [-0.25, -0.2) is 0 Å². The molecule has 3 rings (SSSR count). The Morgan fingerprint density at radius 2 is 2.26 bits per heavy atom. The van der Waals surface area contributed by atoms with Gasteiger partial charge in [0.05, 0.1) is 11.8 Å². The van der Waals surface area contributed by atoms with Crippen LogP contribution < -0.4 is 11.1 Å². The molecule has 0 bridgehead atoms. The highest BCUT2D eigenvalue weighted by atomic mass is 16.5. The molecule has 3 N–H and O–H groups in total. The summed E-state index contributed by atoms with van der Waals surface area (Å²) in [7, 11) is 0. The van der Waals surface area contributed by atoms with Gasteiger partial charge in [-0.3, -0.25) is 4.79 Å². The van der Waals surface area contributed by atoms with Crippen LogP contribution in [0.1, 0.15) is 38.0 Å². The SMILES string of the molecule is NCC1CCCCC1NC(=O)CCc1nc(-c2ccoc2)no1. The lowest BCUT2D eigenvalue weighted by atomic mass is 9.84. The molecule has 0 saturated heterocycles. The number of nitrogens with two attached hydrogens (primary N) is 1. The van der Waals surface area contributed by atoms with Gasteiger partial charge in [-0.2, -0.15) is 4.98 Å². The molecule has 23 heavy (non-hydrogen) atoms. The van der Waals surface area contributed by atoms with Crippen LogP contribution in [0.4, 0.5) is 0 Å². The van der Waals surface area contributed by atoms with Gasteiger partial charge in [-0.15, -0.1) is 0 Å². The Balaban J connectivity index is 1.49. The van der Waals surface area contributed by atoms with Gasteiger partial charge >= 0.3 is 0 Å². The summed E-state index contributed by atoms with van der Waals surface area (Å²) in [6, 6.07) is 1.96. The van der Waals surface area contributed by atoms with Gasteiger partial charge in [0.1, 0.15) is 6.26 Å². The maximum absolute atomic E-state index is 12.1. The Kier molecular flexibility index (Phi) is 5.07. The van der Waals surface area contributed by atoms with Crippen LogP contribution in [0.3, 0.4) is 0 Å². The third kappa shape index (κ3) is 3.98. The number of aryl methyl sites for hydroxylation is 1. The second-order valence-electron chi connectivity index (χ2n) is 5.98. The highest BCUT2D eigenvalue weighted by Crippen LogP contribution is 2.23. The van der Waals surface area contributed by atoms with Crippen LogP contribution in [0.15, 0.2) is 27.5 Å². The van der Waals surface area contributed by atoms with Crippen molar-refractivity contribution in [1.29, 1.82) is 0 Å². The zero-order chi connectivity index (χ0) is 16.1.